The highest BCUT2D eigenvalue weighted by Gasteiger charge is 2.17. The summed E-state index contributed by atoms with van der Waals surface area (Å²) in [7, 11) is 0. The molecule has 0 aromatic carbocycles. The molecule has 1 aliphatic heterocycles. The molecule has 1 heterocycles. The molecule has 0 aromatic rings. The molecule has 11 heavy (non-hydrogen) atoms. The molecule has 1 fully saturated rings. The van der Waals surface area contributed by atoms with Crippen LogP contribution in [0.1, 0.15) is 19.3 Å². The summed E-state index contributed by atoms with van der Waals surface area (Å²) in [4.78, 5) is 13.0. The van der Waals surface area contributed by atoms with Gasteiger partial charge in [-0.1, -0.05) is 0 Å². The molecular formula is C9H13NO. The lowest BCUT2D eigenvalue weighted by atomic mass is 10.3. The monoisotopic (exact) mass is 151 g/mol. The number of rotatable bonds is 3. The van der Waals surface area contributed by atoms with Crippen molar-refractivity contribution in [3.63, 3.8) is 0 Å². The van der Waals surface area contributed by atoms with Crippen LogP contribution in [0.5, 0.6) is 0 Å². The minimum Gasteiger partial charge on any atom is -0.298 e. The Labute approximate surface area is 67.6 Å². The summed E-state index contributed by atoms with van der Waals surface area (Å²) in [6.07, 6.45) is 7.68. The largest absolute Gasteiger partial charge is 0.298 e. The maximum Gasteiger partial charge on any atom is 0.148 e. The Morgan fingerprint density at radius 2 is 2.45 bits per heavy atom. The van der Waals surface area contributed by atoms with E-state index >= 15 is 0 Å². The maximum absolute atomic E-state index is 10.8. The van der Waals surface area contributed by atoms with Gasteiger partial charge in [0.05, 0.1) is 6.54 Å². The molecule has 0 aliphatic carbocycles. The minimum absolute atomic E-state index is 0.366. The Kier molecular flexibility index (Phi) is 3.13. The SMILES string of the molecule is C#CCCCN1CCC(=O)C1. The first-order valence-electron chi connectivity index (χ1n) is 4.00. The summed E-state index contributed by atoms with van der Waals surface area (Å²) in [6, 6.07) is 0. The zero-order valence-corrected chi connectivity index (χ0v) is 6.68. The molecule has 0 radical (unpaired) electrons. The summed E-state index contributed by atoms with van der Waals surface area (Å²) in [5.41, 5.74) is 0. The van der Waals surface area contributed by atoms with E-state index in [0.29, 0.717) is 12.3 Å². The molecule has 1 saturated heterocycles. The molecule has 0 bridgehead atoms. The third-order valence-electron chi connectivity index (χ3n) is 1.90. The van der Waals surface area contributed by atoms with E-state index in [2.05, 4.69) is 10.8 Å². The standard InChI is InChI=1S/C9H13NO/c1-2-3-4-6-10-7-5-9(11)8-10/h1H,3-8H2. The van der Waals surface area contributed by atoms with E-state index in [9.17, 15) is 4.79 Å². The fourth-order valence-electron chi connectivity index (χ4n) is 1.29. The molecule has 2 heteroatoms. The van der Waals surface area contributed by atoms with Gasteiger partial charge in [0, 0.05) is 19.4 Å². The van der Waals surface area contributed by atoms with Crippen molar-refractivity contribution in [2.45, 2.75) is 19.3 Å². The molecule has 60 valence electrons. The van der Waals surface area contributed by atoms with Crippen LogP contribution in [-0.2, 0) is 4.79 Å². The number of hydrogen-bond acceptors (Lipinski definition) is 2. The molecule has 0 unspecified atom stereocenters. The summed E-state index contributed by atoms with van der Waals surface area (Å²) < 4.78 is 0. The smallest absolute Gasteiger partial charge is 0.148 e. The number of ketones is 1. The molecule has 0 spiro atoms. The summed E-state index contributed by atoms with van der Waals surface area (Å²) in [5, 5.41) is 0. The molecule has 0 amide bonds. The maximum atomic E-state index is 10.8. The zero-order valence-electron chi connectivity index (χ0n) is 6.68. The first kappa shape index (κ1) is 8.29. The lowest BCUT2D eigenvalue weighted by Gasteiger charge is -2.11. The summed E-state index contributed by atoms with van der Waals surface area (Å²) >= 11 is 0. The molecular weight excluding hydrogens is 138 g/mol. The lowest BCUT2D eigenvalue weighted by molar-refractivity contribution is -0.116. The van der Waals surface area contributed by atoms with Crippen LogP contribution in [-0.4, -0.2) is 30.3 Å². The van der Waals surface area contributed by atoms with Crippen LogP contribution in [0.15, 0.2) is 0 Å². The average molecular weight is 151 g/mol. The molecule has 0 N–H and O–H groups in total. The predicted octanol–water partition coefficient (Wildman–Crippen LogP) is 0.675. The Bertz CT molecular complexity index is 180. The second-order valence-corrected chi connectivity index (χ2v) is 2.87. The number of terminal acetylenes is 1. The van der Waals surface area contributed by atoms with E-state index in [0.717, 1.165) is 32.4 Å². The van der Waals surface area contributed by atoms with Gasteiger partial charge in [0.2, 0.25) is 0 Å². The molecule has 2 nitrogen and oxygen atoms in total. The number of Topliss-reactive ketones (excluding diaryl/α,β-unsaturated/α-hetero) is 1. The first-order valence-corrected chi connectivity index (χ1v) is 4.00. The van der Waals surface area contributed by atoms with Crippen LogP contribution in [0, 0.1) is 12.3 Å². The Morgan fingerprint density at radius 1 is 1.64 bits per heavy atom. The number of likely N-dealkylation sites (tertiary alicyclic amines) is 1. The van der Waals surface area contributed by atoms with E-state index < -0.39 is 0 Å². The van der Waals surface area contributed by atoms with Gasteiger partial charge in [-0.2, -0.15) is 0 Å². The van der Waals surface area contributed by atoms with Gasteiger partial charge in [0.1, 0.15) is 5.78 Å². The molecule has 0 atom stereocenters. The number of carbonyl (C=O) groups is 1. The van der Waals surface area contributed by atoms with E-state index in [4.69, 9.17) is 6.42 Å². The van der Waals surface area contributed by atoms with E-state index in [-0.39, 0.29) is 0 Å². The van der Waals surface area contributed by atoms with Crippen LogP contribution >= 0.6 is 0 Å². The van der Waals surface area contributed by atoms with Crippen molar-refractivity contribution in [1.29, 1.82) is 0 Å². The fraction of sp³-hybridized carbons (Fsp3) is 0.667. The summed E-state index contributed by atoms with van der Waals surface area (Å²) in [5.74, 6) is 2.96. The van der Waals surface area contributed by atoms with Crippen LogP contribution in [0.4, 0.5) is 0 Å². The van der Waals surface area contributed by atoms with Gasteiger partial charge >= 0.3 is 0 Å². The van der Waals surface area contributed by atoms with Crippen LogP contribution < -0.4 is 0 Å². The topological polar surface area (TPSA) is 20.3 Å². The Hall–Kier alpha value is -0.810. The molecule has 0 aromatic heterocycles. The van der Waals surface area contributed by atoms with Gasteiger partial charge in [-0.15, -0.1) is 12.3 Å². The highest BCUT2D eigenvalue weighted by molar-refractivity contribution is 5.82. The van der Waals surface area contributed by atoms with Crippen LogP contribution in [0.25, 0.3) is 0 Å². The second kappa shape index (κ2) is 4.15. The Morgan fingerprint density at radius 3 is 3.00 bits per heavy atom. The highest BCUT2D eigenvalue weighted by atomic mass is 16.1. The van der Waals surface area contributed by atoms with Gasteiger partial charge in [-0.25, -0.2) is 0 Å². The Balaban J connectivity index is 2.09. The third-order valence-corrected chi connectivity index (χ3v) is 1.90. The van der Waals surface area contributed by atoms with Gasteiger partial charge in [0.25, 0.3) is 0 Å². The van der Waals surface area contributed by atoms with Gasteiger partial charge in [-0.05, 0) is 13.0 Å². The molecule has 1 aliphatic rings. The highest BCUT2D eigenvalue weighted by Crippen LogP contribution is 2.04. The van der Waals surface area contributed by atoms with Crippen molar-refractivity contribution in [1.82, 2.24) is 4.90 Å². The lowest BCUT2D eigenvalue weighted by Crippen LogP contribution is -2.21. The van der Waals surface area contributed by atoms with E-state index in [1.165, 1.54) is 0 Å². The van der Waals surface area contributed by atoms with Crippen molar-refractivity contribution in [2.24, 2.45) is 0 Å². The van der Waals surface area contributed by atoms with Gasteiger partial charge < -0.3 is 0 Å². The fourth-order valence-corrected chi connectivity index (χ4v) is 1.29. The van der Waals surface area contributed by atoms with Crippen molar-refractivity contribution < 1.29 is 4.79 Å². The molecule has 1 rings (SSSR count). The second-order valence-electron chi connectivity index (χ2n) is 2.87. The van der Waals surface area contributed by atoms with E-state index in [1.54, 1.807) is 0 Å². The van der Waals surface area contributed by atoms with Crippen molar-refractivity contribution in [2.75, 3.05) is 19.6 Å². The van der Waals surface area contributed by atoms with Crippen LogP contribution in [0.3, 0.4) is 0 Å². The number of hydrogen-bond donors (Lipinski definition) is 0. The zero-order chi connectivity index (χ0) is 8.10. The van der Waals surface area contributed by atoms with E-state index in [1.807, 2.05) is 0 Å². The number of nitrogens with zero attached hydrogens (tertiary/aromatic N) is 1. The predicted molar refractivity (Wildman–Crippen MR) is 44.1 cm³/mol. The minimum atomic E-state index is 0.366. The average Bonchev–Trinajstić information content (AvgIpc) is 2.37. The van der Waals surface area contributed by atoms with Gasteiger partial charge in [0.15, 0.2) is 0 Å². The quantitative estimate of drug-likeness (QED) is 0.436. The normalized spacial score (nSPS) is 18.6. The van der Waals surface area contributed by atoms with Crippen LogP contribution in [0.2, 0.25) is 0 Å². The third kappa shape index (κ3) is 2.73. The van der Waals surface area contributed by atoms with Gasteiger partial charge in [-0.3, -0.25) is 9.69 Å². The number of carbonyl (C=O) groups excluding carboxylic acids is 1. The first-order chi connectivity index (χ1) is 5.33. The van der Waals surface area contributed by atoms with Crippen molar-refractivity contribution >= 4 is 5.78 Å². The van der Waals surface area contributed by atoms with Crippen molar-refractivity contribution in [3.05, 3.63) is 0 Å². The summed E-state index contributed by atoms with van der Waals surface area (Å²) in [6.45, 7) is 2.56. The molecule has 0 saturated carbocycles. The van der Waals surface area contributed by atoms with Crippen molar-refractivity contribution in [3.8, 4) is 12.3 Å². The number of unbranched alkanes of at least 4 members (excludes halogenated alkanes) is 1.